The molecule has 0 fully saturated rings. The third-order valence-corrected chi connectivity index (χ3v) is 3.02. The summed E-state index contributed by atoms with van der Waals surface area (Å²) in [6.07, 6.45) is 0. The number of para-hydroxylation sites is 1. The largest absolute Gasteiger partial charge is 0.329 e. The Bertz CT molecular complexity index is 511. The lowest BCUT2D eigenvalue weighted by atomic mass is 10.2. The smallest absolute Gasteiger partial charge is 0.133 e. The van der Waals surface area contributed by atoms with Gasteiger partial charge in [0.25, 0.3) is 0 Å². The van der Waals surface area contributed by atoms with Gasteiger partial charge in [-0.1, -0.05) is 24.3 Å². The van der Waals surface area contributed by atoms with E-state index < -0.39 is 0 Å². The minimum absolute atomic E-state index is 0.440. The lowest BCUT2D eigenvalue weighted by molar-refractivity contribution is 1.07. The van der Waals surface area contributed by atoms with E-state index in [9.17, 15) is 0 Å². The number of anilines is 2. The minimum Gasteiger partial charge on any atom is -0.329 e. The second kappa shape index (κ2) is 5.19. The van der Waals surface area contributed by atoms with E-state index in [2.05, 4.69) is 28.9 Å². The van der Waals surface area contributed by atoms with E-state index in [1.165, 1.54) is 5.56 Å². The van der Waals surface area contributed by atoms with Crippen LogP contribution in [0.25, 0.3) is 0 Å². The molecule has 0 aliphatic carbocycles. The molecule has 0 N–H and O–H groups in total. The van der Waals surface area contributed by atoms with Crippen molar-refractivity contribution in [3.63, 3.8) is 0 Å². The molecule has 0 saturated carbocycles. The van der Waals surface area contributed by atoms with Gasteiger partial charge in [-0.25, -0.2) is 4.98 Å². The highest BCUT2D eigenvalue weighted by Crippen LogP contribution is 2.25. The molecule has 1 heterocycles. The minimum atomic E-state index is 0.440. The Morgan fingerprint density at radius 2 is 1.88 bits per heavy atom. The predicted octanol–water partition coefficient (Wildman–Crippen LogP) is 3.90. The summed E-state index contributed by atoms with van der Waals surface area (Å²) in [6, 6.07) is 14.2. The molecular weight excluding hydrogens is 232 g/mol. The summed E-state index contributed by atoms with van der Waals surface area (Å²) in [5.41, 5.74) is 3.28. The maximum absolute atomic E-state index is 5.80. The van der Waals surface area contributed by atoms with Crippen LogP contribution in [0.3, 0.4) is 0 Å². The highest BCUT2D eigenvalue weighted by Gasteiger charge is 2.07. The molecule has 1 aromatic carbocycles. The Kier molecular flexibility index (Phi) is 3.64. The maximum Gasteiger partial charge on any atom is 0.133 e. The summed E-state index contributed by atoms with van der Waals surface area (Å²) >= 11 is 5.80. The summed E-state index contributed by atoms with van der Waals surface area (Å²) < 4.78 is 0. The van der Waals surface area contributed by atoms with Crippen molar-refractivity contribution in [1.29, 1.82) is 0 Å². The first-order chi connectivity index (χ1) is 8.22. The molecule has 0 bridgehead atoms. The standard InChI is InChI=1S/C14H15ClN2/c1-11-6-3-4-8-13(11)17(2)14-9-5-7-12(10-15)16-14/h3-9H,10H2,1-2H3. The summed E-state index contributed by atoms with van der Waals surface area (Å²) in [7, 11) is 2.02. The van der Waals surface area contributed by atoms with Crippen molar-refractivity contribution in [2.75, 3.05) is 11.9 Å². The lowest BCUT2D eigenvalue weighted by Crippen LogP contribution is -2.12. The molecule has 17 heavy (non-hydrogen) atoms. The lowest BCUT2D eigenvalue weighted by Gasteiger charge is -2.20. The normalized spacial score (nSPS) is 10.3. The van der Waals surface area contributed by atoms with Gasteiger partial charge >= 0.3 is 0 Å². The van der Waals surface area contributed by atoms with Crippen LogP contribution < -0.4 is 4.90 Å². The Morgan fingerprint density at radius 3 is 2.59 bits per heavy atom. The molecule has 0 aliphatic rings. The number of hydrogen-bond acceptors (Lipinski definition) is 2. The zero-order chi connectivity index (χ0) is 12.3. The summed E-state index contributed by atoms with van der Waals surface area (Å²) in [4.78, 5) is 6.58. The number of aromatic nitrogens is 1. The van der Waals surface area contributed by atoms with Crippen LogP contribution in [-0.4, -0.2) is 12.0 Å². The van der Waals surface area contributed by atoms with Crippen molar-refractivity contribution >= 4 is 23.1 Å². The highest BCUT2D eigenvalue weighted by molar-refractivity contribution is 6.16. The van der Waals surface area contributed by atoms with Crippen molar-refractivity contribution in [3.8, 4) is 0 Å². The number of rotatable bonds is 3. The molecule has 2 rings (SSSR count). The van der Waals surface area contributed by atoms with E-state index in [-0.39, 0.29) is 0 Å². The third-order valence-electron chi connectivity index (χ3n) is 2.75. The molecule has 2 aromatic rings. The number of nitrogens with zero attached hydrogens (tertiary/aromatic N) is 2. The Balaban J connectivity index is 2.37. The number of alkyl halides is 1. The quantitative estimate of drug-likeness (QED) is 0.764. The van der Waals surface area contributed by atoms with Crippen molar-refractivity contribution in [2.24, 2.45) is 0 Å². The van der Waals surface area contributed by atoms with Gasteiger partial charge in [0.05, 0.1) is 11.6 Å². The molecule has 0 saturated heterocycles. The fourth-order valence-corrected chi connectivity index (χ4v) is 1.94. The SMILES string of the molecule is Cc1ccccc1N(C)c1cccc(CCl)n1. The van der Waals surface area contributed by atoms with Crippen LogP contribution in [0, 0.1) is 6.92 Å². The Hall–Kier alpha value is -1.54. The van der Waals surface area contributed by atoms with E-state index >= 15 is 0 Å². The van der Waals surface area contributed by atoms with Crippen LogP contribution in [0.5, 0.6) is 0 Å². The molecule has 3 heteroatoms. The van der Waals surface area contributed by atoms with Gasteiger partial charge in [0.1, 0.15) is 5.82 Å². The average Bonchev–Trinajstić information content (AvgIpc) is 2.38. The third kappa shape index (κ3) is 2.59. The second-order valence-electron chi connectivity index (χ2n) is 3.97. The highest BCUT2D eigenvalue weighted by atomic mass is 35.5. The van der Waals surface area contributed by atoms with Gasteiger partial charge in [-0.15, -0.1) is 11.6 Å². The van der Waals surface area contributed by atoms with E-state index in [1.54, 1.807) is 0 Å². The fraction of sp³-hybridized carbons (Fsp3) is 0.214. The second-order valence-corrected chi connectivity index (χ2v) is 4.23. The van der Waals surface area contributed by atoms with E-state index in [1.807, 2.05) is 37.4 Å². The van der Waals surface area contributed by atoms with Gasteiger partial charge < -0.3 is 4.90 Å². The first-order valence-corrected chi connectivity index (χ1v) is 6.07. The Morgan fingerprint density at radius 1 is 1.12 bits per heavy atom. The molecular formula is C14H15ClN2. The number of hydrogen-bond donors (Lipinski definition) is 0. The molecule has 0 unspecified atom stereocenters. The van der Waals surface area contributed by atoms with Crippen LogP contribution in [-0.2, 0) is 5.88 Å². The Labute approximate surface area is 107 Å². The molecule has 2 nitrogen and oxygen atoms in total. The summed E-state index contributed by atoms with van der Waals surface area (Å²) in [5.74, 6) is 1.35. The van der Waals surface area contributed by atoms with Gasteiger partial charge in [0.15, 0.2) is 0 Å². The van der Waals surface area contributed by atoms with Crippen molar-refractivity contribution < 1.29 is 0 Å². The zero-order valence-electron chi connectivity index (χ0n) is 10.0. The summed E-state index contributed by atoms with van der Waals surface area (Å²) in [6.45, 7) is 2.09. The van der Waals surface area contributed by atoms with Gasteiger partial charge in [0.2, 0.25) is 0 Å². The van der Waals surface area contributed by atoms with Crippen molar-refractivity contribution in [1.82, 2.24) is 4.98 Å². The zero-order valence-corrected chi connectivity index (χ0v) is 10.8. The van der Waals surface area contributed by atoms with Gasteiger partial charge in [0, 0.05) is 12.7 Å². The molecule has 0 amide bonds. The number of halogens is 1. The number of pyridine rings is 1. The van der Waals surface area contributed by atoms with Gasteiger partial charge in [-0.05, 0) is 30.7 Å². The van der Waals surface area contributed by atoms with Crippen molar-refractivity contribution in [2.45, 2.75) is 12.8 Å². The fourth-order valence-electron chi connectivity index (χ4n) is 1.79. The van der Waals surface area contributed by atoms with Crippen LogP contribution >= 0.6 is 11.6 Å². The van der Waals surface area contributed by atoms with Gasteiger partial charge in [-0.3, -0.25) is 0 Å². The maximum atomic E-state index is 5.80. The number of benzene rings is 1. The average molecular weight is 247 g/mol. The van der Waals surface area contributed by atoms with E-state index in [0.717, 1.165) is 17.2 Å². The summed E-state index contributed by atoms with van der Waals surface area (Å²) in [5, 5.41) is 0. The van der Waals surface area contributed by atoms with Crippen molar-refractivity contribution in [3.05, 3.63) is 53.7 Å². The van der Waals surface area contributed by atoms with Crippen LogP contribution in [0.15, 0.2) is 42.5 Å². The van der Waals surface area contributed by atoms with Crippen LogP contribution in [0.1, 0.15) is 11.3 Å². The van der Waals surface area contributed by atoms with E-state index in [0.29, 0.717) is 5.88 Å². The first-order valence-electron chi connectivity index (χ1n) is 5.53. The molecule has 0 radical (unpaired) electrons. The number of aryl methyl sites for hydroxylation is 1. The van der Waals surface area contributed by atoms with E-state index in [4.69, 9.17) is 11.6 Å². The van der Waals surface area contributed by atoms with Crippen LogP contribution in [0.4, 0.5) is 11.5 Å². The monoisotopic (exact) mass is 246 g/mol. The predicted molar refractivity (Wildman–Crippen MR) is 73.0 cm³/mol. The molecule has 0 atom stereocenters. The topological polar surface area (TPSA) is 16.1 Å². The first kappa shape index (κ1) is 11.9. The molecule has 1 aromatic heterocycles. The molecule has 88 valence electrons. The molecule has 0 aliphatic heterocycles. The molecule has 0 spiro atoms. The van der Waals surface area contributed by atoms with Gasteiger partial charge in [-0.2, -0.15) is 0 Å². The van der Waals surface area contributed by atoms with Crippen LogP contribution in [0.2, 0.25) is 0 Å².